The molecule has 7 heteroatoms. The molecule has 1 aromatic heterocycles. The second-order valence-electron chi connectivity index (χ2n) is 6.08. The topological polar surface area (TPSA) is 79.2 Å². The van der Waals surface area contributed by atoms with Gasteiger partial charge in [0.15, 0.2) is 0 Å². The van der Waals surface area contributed by atoms with Gasteiger partial charge in [0.25, 0.3) is 11.5 Å². The molecule has 1 atom stereocenters. The summed E-state index contributed by atoms with van der Waals surface area (Å²) in [6.07, 6.45) is -1.29. The van der Waals surface area contributed by atoms with E-state index in [0.29, 0.717) is 11.3 Å². The summed E-state index contributed by atoms with van der Waals surface area (Å²) < 4.78 is 0. The molecule has 24 heavy (non-hydrogen) atoms. The third-order valence-corrected chi connectivity index (χ3v) is 3.26. The van der Waals surface area contributed by atoms with Gasteiger partial charge in [-0.05, 0) is 5.41 Å². The van der Waals surface area contributed by atoms with E-state index in [-0.39, 0.29) is 16.9 Å². The molecule has 1 aromatic carbocycles. The average Bonchev–Trinajstić information content (AvgIpc) is 2.99. The molecule has 0 aliphatic heterocycles. The normalized spacial score (nSPS) is 12.5. The number of hydrogen-bond acceptors (Lipinski definition) is 4. The molecule has 120 valence electrons. The van der Waals surface area contributed by atoms with Crippen molar-refractivity contribution in [1.29, 1.82) is 0 Å². The number of nitrogens with one attached hydrogen (secondary N) is 1. The summed E-state index contributed by atoms with van der Waals surface area (Å²) in [5, 5.41) is 14.4. The molecule has 0 saturated carbocycles. The first-order chi connectivity index (χ1) is 11.4. The highest BCUT2D eigenvalue weighted by Crippen LogP contribution is 2.36. The zero-order chi connectivity index (χ0) is 17.7. The molecular formula is C17H16N6O. The van der Waals surface area contributed by atoms with Crippen LogP contribution in [0.25, 0.3) is 9.69 Å². The Morgan fingerprint density at radius 2 is 1.92 bits per heavy atom. The first-order valence-electron chi connectivity index (χ1n) is 7.21. The monoisotopic (exact) mass is 320 g/mol. The fourth-order valence-electron chi connectivity index (χ4n) is 2.02. The summed E-state index contributed by atoms with van der Waals surface area (Å²) in [6, 6.07) is 8.45. The van der Waals surface area contributed by atoms with Crippen molar-refractivity contribution in [3.8, 4) is 0 Å². The zero-order valence-electron chi connectivity index (χ0n) is 13.6. The predicted molar refractivity (Wildman–Crippen MR) is 89.2 cm³/mol. The van der Waals surface area contributed by atoms with Crippen molar-refractivity contribution in [3.63, 3.8) is 0 Å². The molecule has 0 amide bonds. The molecule has 1 heterocycles. The third kappa shape index (κ3) is 3.53. The van der Waals surface area contributed by atoms with E-state index in [9.17, 15) is 4.79 Å². The maximum absolute atomic E-state index is 12.3. The van der Waals surface area contributed by atoms with Crippen LogP contribution in [0, 0.1) is 13.1 Å². The number of rotatable bonds is 4. The van der Waals surface area contributed by atoms with Crippen molar-refractivity contribution >= 4 is 17.3 Å². The van der Waals surface area contributed by atoms with Gasteiger partial charge in [0.1, 0.15) is 0 Å². The molecule has 1 N–H and O–H groups in total. The number of hydrogen-bond donors (Lipinski definition) is 1. The van der Waals surface area contributed by atoms with Crippen LogP contribution in [0.2, 0.25) is 0 Å². The van der Waals surface area contributed by atoms with Gasteiger partial charge in [-0.1, -0.05) is 56.2 Å². The number of Topliss-reactive ketones (excluding diaryl/α,β-unsaturated/α-hetero) is 1. The average molecular weight is 320 g/mol. The Balaban J connectivity index is 2.30. The van der Waals surface area contributed by atoms with Gasteiger partial charge in [-0.25, -0.2) is 11.4 Å². The summed E-state index contributed by atoms with van der Waals surface area (Å²) in [7, 11) is 0. The van der Waals surface area contributed by atoms with Gasteiger partial charge in [0.05, 0.1) is 6.57 Å². The van der Waals surface area contributed by atoms with Gasteiger partial charge in [-0.15, -0.1) is 5.11 Å². The van der Waals surface area contributed by atoms with E-state index < -0.39 is 11.9 Å². The van der Waals surface area contributed by atoms with Crippen LogP contribution in [0.5, 0.6) is 0 Å². The molecule has 7 nitrogen and oxygen atoms in total. The molecule has 0 bridgehead atoms. The molecule has 0 aliphatic carbocycles. The van der Waals surface area contributed by atoms with Gasteiger partial charge in [0.2, 0.25) is 5.82 Å². The number of azo groups is 1. The molecule has 2 aromatic rings. The maximum Gasteiger partial charge on any atom is 0.395 e. The molecule has 0 saturated heterocycles. The van der Waals surface area contributed by atoms with Crippen LogP contribution in [0.3, 0.4) is 0 Å². The first-order valence-corrected chi connectivity index (χ1v) is 7.21. The molecule has 2 rings (SSSR count). The van der Waals surface area contributed by atoms with Crippen molar-refractivity contribution in [3.05, 3.63) is 64.4 Å². The van der Waals surface area contributed by atoms with Crippen LogP contribution < -0.4 is 0 Å². The Kier molecular flexibility index (Phi) is 4.86. The quantitative estimate of drug-likeness (QED) is 0.512. The van der Waals surface area contributed by atoms with E-state index in [1.807, 2.05) is 20.8 Å². The fourth-order valence-corrected chi connectivity index (χ4v) is 2.02. The third-order valence-electron chi connectivity index (χ3n) is 3.26. The van der Waals surface area contributed by atoms with Crippen LogP contribution in [0.15, 0.2) is 40.6 Å². The van der Waals surface area contributed by atoms with Gasteiger partial charge < -0.3 is 0 Å². The Morgan fingerprint density at radius 3 is 2.46 bits per heavy atom. The summed E-state index contributed by atoms with van der Waals surface area (Å²) in [4.78, 5) is 18.9. The maximum atomic E-state index is 12.3. The Bertz CT molecular complexity index is 846. The minimum absolute atomic E-state index is 0.0874. The fraction of sp³-hybridized carbons (Fsp3) is 0.294. The number of H-pyrrole nitrogens is 1. The minimum Gasteiger partial charge on any atom is -0.291 e. The van der Waals surface area contributed by atoms with Gasteiger partial charge in [-0.3, -0.25) is 14.7 Å². The lowest BCUT2D eigenvalue weighted by atomic mass is 9.91. The van der Waals surface area contributed by atoms with Crippen LogP contribution in [0.1, 0.15) is 36.8 Å². The lowest BCUT2D eigenvalue weighted by Gasteiger charge is -2.16. The number of aromatic amines is 1. The van der Waals surface area contributed by atoms with Crippen LogP contribution >= 0.6 is 0 Å². The van der Waals surface area contributed by atoms with E-state index in [1.54, 1.807) is 30.3 Å². The van der Waals surface area contributed by atoms with E-state index in [0.717, 1.165) is 0 Å². The second kappa shape index (κ2) is 6.84. The minimum atomic E-state index is -1.29. The number of carbonyl (C=O) groups is 1. The van der Waals surface area contributed by atoms with Crippen LogP contribution in [-0.2, 0) is 5.41 Å². The predicted octanol–water partition coefficient (Wildman–Crippen LogP) is 4.47. The number of ketones is 1. The number of nitrogens with zero attached hydrogens (tertiary/aromatic N) is 5. The largest absolute Gasteiger partial charge is 0.395 e. The van der Waals surface area contributed by atoms with E-state index in [1.165, 1.54) is 0 Å². The highest BCUT2D eigenvalue weighted by molar-refractivity contribution is 6.00. The van der Waals surface area contributed by atoms with Gasteiger partial charge in [-0.2, -0.15) is 5.10 Å². The number of carbonyl (C=O) groups excluding carboxylic acids is 1. The number of aromatic nitrogens is 2. The second-order valence-corrected chi connectivity index (χ2v) is 6.08. The molecular weight excluding hydrogens is 304 g/mol. The summed E-state index contributed by atoms with van der Waals surface area (Å²) in [6.45, 7) is 20.3. The lowest BCUT2D eigenvalue weighted by molar-refractivity contribution is 0.0976. The summed E-state index contributed by atoms with van der Waals surface area (Å²) >= 11 is 0. The van der Waals surface area contributed by atoms with Crippen molar-refractivity contribution in [2.24, 2.45) is 10.2 Å². The standard InChI is InChI=1S/C17H16N6O/c1-17(2,3)14-12(18-4)15(21-20-14)22-23-16(19-5)13(24)11-9-7-6-8-10-11/h6-10,16H,1-3H3,(H,20,21). The van der Waals surface area contributed by atoms with Crippen molar-refractivity contribution in [2.45, 2.75) is 32.4 Å². The van der Waals surface area contributed by atoms with Crippen molar-refractivity contribution < 1.29 is 4.79 Å². The molecule has 1 unspecified atom stereocenters. The highest BCUT2D eigenvalue weighted by Gasteiger charge is 2.27. The van der Waals surface area contributed by atoms with E-state index in [2.05, 4.69) is 30.1 Å². The Labute approximate surface area is 140 Å². The summed E-state index contributed by atoms with van der Waals surface area (Å²) in [5.74, 6) is -0.352. The van der Waals surface area contributed by atoms with Crippen molar-refractivity contribution in [1.82, 2.24) is 10.2 Å². The first kappa shape index (κ1) is 17.0. The van der Waals surface area contributed by atoms with E-state index in [4.69, 9.17) is 13.1 Å². The number of benzene rings is 1. The van der Waals surface area contributed by atoms with Crippen molar-refractivity contribution in [2.75, 3.05) is 0 Å². The molecule has 0 aliphatic rings. The van der Waals surface area contributed by atoms with Crippen LogP contribution in [-0.4, -0.2) is 22.1 Å². The Morgan fingerprint density at radius 1 is 1.25 bits per heavy atom. The summed E-state index contributed by atoms with van der Waals surface area (Å²) in [5.41, 5.74) is 0.974. The zero-order valence-corrected chi connectivity index (χ0v) is 13.6. The van der Waals surface area contributed by atoms with Gasteiger partial charge >= 0.3 is 6.17 Å². The van der Waals surface area contributed by atoms with Gasteiger partial charge in [0, 0.05) is 11.3 Å². The SMILES string of the molecule is [C-]#[N+]c1c(N=NC([N+]#[C-])C(=O)c2ccccc2)n[nH]c1C(C)(C)C. The van der Waals surface area contributed by atoms with E-state index >= 15 is 0 Å². The smallest absolute Gasteiger partial charge is 0.291 e. The molecule has 0 fully saturated rings. The highest BCUT2D eigenvalue weighted by atomic mass is 16.1. The molecule has 0 radical (unpaired) electrons. The molecule has 0 spiro atoms. The van der Waals surface area contributed by atoms with Crippen LogP contribution in [0.4, 0.5) is 11.5 Å². The lowest BCUT2D eigenvalue weighted by Crippen LogP contribution is -2.14. The Hall–Kier alpha value is -3.32.